The summed E-state index contributed by atoms with van der Waals surface area (Å²) in [5.74, 6) is -0.995. The second-order valence-electron chi connectivity index (χ2n) is 5.68. The highest BCUT2D eigenvalue weighted by molar-refractivity contribution is 8.01. The third-order valence-corrected chi connectivity index (χ3v) is 5.22. The van der Waals surface area contributed by atoms with Gasteiger partial charge in [-0.05, 0) is 27.2 Å². The quantitative estimate of drug-likeness (QED) is 0.785. The van der Waals surface area contributed by atoms with Crippen LogP contribution in [0.5, 0.6) is 0 Å². The van der Waals surface area contributed by atoms with Crippen molar-refractivity contribution < 1.29 is 19.5 Å². The molecule has 7 heteroatoms. The summed E-state index contributed by atoms with van der Waals surface area (Å²) in [7, 11) is 0. The van der Waals surface area contributed by atoms with Crippen molar-refractivity contribution in [2.24, 2.45) is 0 Å². The highest BCUT2D eigenvalue weighted by atomic mass is 32.2. The topological polar surface area (TPSA) is 86.7 Å². The first-order valence-corrected chi connectivity index (χ1v) is 7.17. The molecular formula is C12H18N2O4S. The fraction of sp³-hybridized carbons (Fsp3) is 0.750. The van der Waals surface area contributed by atoms with Gasteiger partial charge in [-0.1, -0.05) is 0 Å². The van der Waals surface area contributed by atoms with Crippen molar-refractivity contribution in [3.05, 3.63) is 0 Å². The minimum Gasteiger partial charge on any atom is -0.480 e. The average Bonchev–Trinajstić information content (AvgIpc) is 2.76. The number of hydrogen-bond acceptors (Lipinski definition) is 4. The van der Waals surface area contributed by atoms with Gasteiger partial charge in [0, 0.05) is 12.2 Å². The number of thioether (sulfide) groups is 1. The van der Waals surface area contributed by atoms with Crippen molar-refractivity contribution in [2.75, 3.05) is 5.75 Å². The molecule has 2 saturated heterocycles. The van der Waals surface area contributed by atoms with E-state index in [0.29, 0.717) is 12.2 Å². The van der Waals surface area contributed by atoms with E-state index >= 15 is 0 Å². The van der Waals surface area contributed by atoms with Crippen LogP contribution in [-0.4, -0.2) is 50.0 Å². The first kappa shape index (κ1) is 14.2. The molecule has 2 amide bonds. The van der Waals surface area contributed by atoms with Gasteiger partial charge in [-0.25, -0.2) is 4.79 Å². The Hall–Kier alpha value is -1.24. The summed E-state index contributed by atoms with van der Waals surface area (Å²) < 4.78 is 0. The van der Waals surface area contributed by atoms with Crippen LogP contribution in [0, 0.1) is 0 Å². The second-order valence-corrected chi connectivity index (χ2v) is 7.19. The summed E-state index contributed by atoms with van der Waals surface area (Å²) in [6, 6.07) is -0.566. The molecule has 2 rings (SSSR count). The molecule has 106 valence electrons. The molecule has 0 spiro atoms. The fourth-order valence-corrected chi connectivity index (χ4v) is 3.89. The lowest BCUT2D eigenvalue weighted by atomic mass is 10.1. The van der Waals surface area contributed by atoms with E-state index in [1.807, 2.05) is 6.92 Å². The molecule has 6 nitrogen and oxygen atoms in total. The molecule has 0 aromatic heterocycles. The standard InChI is InChI=1S/C12H18N2O4S/c1-11(2,10(17)18)13-9(16)7-6-19-12(3)5-4-8(15)14(7)12/h7H,4-6H2,1-3H3,(H,13,16)(H,17,18). The maximum Gasteiger partial charge on any atom is 0.328 e. The molecular weight excluding hydrogens is 268 g/mol. The van der Waals surface area contributed by atoms with Gasteiger partial charge in [0.25, 0.3) is 0 Å². The predicted octanol–water partition coefficient (Wildman–Crippen LogP) is 0.420. The lowest BCUT2D eigenvalue weighted by Gasteiger charge is -2.31. The molecule has 2 fully saturated rings. The Morgan fingerprint density at radius 2 is 2.16 bits per heavy atom. The third kappa shape index (κ3) is 2.31. The lowest BCUT2D eigenvalue weighted by molar-refractivity contribution is -0.147. The summed E-state index contributed by atoms with van der Waals surface area (Å²) >= 11 is 1.59. The first-order chi connectivity index (χ1) is 8.67. The van der Waals surface area contributed by atoms with Gasteiger partial charge in [0.1, 0.15) is 11.6 Å². The van der Waals surface area contributed by atoms with E-state index < -0.39 is 17.6 Å². The lowest BCUT2D eigenvalue weighted by Crippen LogP contribution is -2.57. The van der Waals surface area contributed by atoms with E-state index in [2.05, 4.69) is 5.32 Å². The van der Waals surface area contributed by atoms with Gasteiger partial charge in [0.05, 0.1) is 4.87 Å². The van der Waals surface area contributed by atoms with Crippen LogP contribution in [-0.2, 0) is 14.4 Å². The number of nitrogens with zero attached hydrogens (tertiary/aromatic N) is 1. The fourth-order valence-electron chi connectivity index (χ4n) is 2.46. The molecule has 19 heavy (non-hydrogen) atoms. The monoisotopic (exact) mass is 286 g/mol. The molecule has 2 N–H and O–H groups in total. The molecule has 0 bridgehead atoms. The summed E-state index contributed by atoms with van der Waals surface area (Å²) in [5, 5.41) is 11.5. The highest BCUT2D eigenvalue weighted by Crippen LogP contribution is 2.47. The summed E-state index contributed by atoms with van der Waals surface area (Å²) in [6.07, 6.45) is 1.19. The van der Waals surface area contributed by atoms with Gasteiger partial charge < -0.3 is 15.3 Å². The van der Waals surface area contributed by atoms with Gasteiger partial charge in [-0.3, -0.25) is 9.59 Å². The van der Waals surface area contributed by atoms with Crippen LogP contribution < -0.4 is 5.32 Å². The molecule has 0 aromatic rings. The van der Waals surface area contributed by atoms with Crippen LogP contribution in [0.4, 0.5) is 0 Å². The van der Waals surface area contributed by atoms with Crippen LogP contribution in [0.3, 0.4) is 0 Å². The van der Waals surface area contributed by atoms with Crippen LogP contribution in [0.25, 0.3) is 0 Å². The maximum atomic E-state index is 12.2. The van der Waals surface area contributed by atoms with Crippen molar-refractivity contribution >= 4 is 29.5 Å². The van der Waals surface area contributed by atoms with E-state index in [1.54, 1.807) is 16.7 Å². The summed E-state index contributed by atoms with van der Waals surface area (Å²) in [4.78, 5) is 36.4. The Morgan fingerprint density at radius 3 is 2.74 bits per heavy atom. The van der Waals surface area contributed by atoms with Crippen molar-refractivity contribution in [1.29, 1.82) is 0 Å². The molecule has 2 heterocycles. The number of carboxylic acid groups (broad SMARTS) is 1. The number of carbonyl (C=O) groups is 3. The van der Waals surface area contributed by atoms with E-state index in [9.17, 15) is 14.4 Å². The SMILES string of the molecule is CC(C)(NC(=O)C1CSC2(C)CCC(=O)N12)C(=O)O. The number of amides is 2. The Kier molecular flexibility index (Phi) is 3.28. The number of carbonyl (C=O) groups excluding carboxylic acids is 2. The maximum absolute atomic E-state index is 12.2. The zero-order valence-electron chi connectivity index (χ0n) is 11.2. The number of aliphatic carboxylic acids is 1. The smallest absolute Gasteiger partial charge is 0.328 e. The minimum absolute atomic E-state index is 0.0271. The Bertz CT molecular complexity index is 451. The first-order valence-electron chi connectivity index (χ1n) is 6.19. The van der Waals surface area contributed by atoms with Crippen LogP contribution >= 0.6 is 11.8 Å². The normalized spacial score (nSPS) is 30.4. The van der Waals surface area contributed by atoms with Crippen LogP contribution in [0.2, 0.25) is 0 Å². The van der Waals surface area contributed by atoms with Gasteiger partial charge in [-0.2, -0.15) is 0 Å². The van der Waals surface area contributed by atoms with Gasteiger partial charge in [-0.15, -0.1) is 11.8 Å². The minimum atomic E-state index is -1.33. The van der Waals surface area contributed by atoms with Crippen molar-refractivity contribution in [3.8, 4) is 0 Å². The summed E-state index contributed by atoms with van der Waals surface area (Å²) in [5.41, 5.74) is -1.33. The van der Waals surface area contributed by atoms with Crippen molar-refractivity contribution in [3.63, 3.8) is 0 Å². The van der Waals surface area contributed by atoms with Crippen molar-refractivity contribution in [2.45, 2.75) is 50.1 Å². The van der Waals surface area contributed by atoms with Crippen molar-refractivity contribution in [1.82, 2.24) is 10.2 Å². The molecule has 0 aromatic carbocycles. The molecule has 0 aliphatic carbocycles. The molecule has 2 aliphatic heterocycles. The van der Waals surface area contributed by atoms with Gasteiger partial charge >= 0.3 is 5.97 Å². The van der Waals surface area contributed by atoms with Crippen LogP contribution in [0.15, 0.2) is 0 Å². The number of nitrogens with one attached hydrogen (secondary N) is 1. The highest BCUT2D eigenvalue weighted by Gasteiger charge is 2.53. The van der Waals surface area contributed by atoms with E-state index in [0.717, 1.165) is 6.42 Å². The largest absolute Gasteiger partial charge is 0.480 e. The second kappa shape index (κ2) is 4.40. The molecule has 2 atom stereocenters. The molecule has 2 aliphatic rings. The predicted molar refractivity (Wildman–Crippen MR) is 70.6 cm³/mol. The Morgan fingerprint density at radius 1 is 1.53 bits per heavy atom. The number of hydrogen-bond donors (Lipinski definition) is 2. The average molecular weight is 286 g/mol. The number of fused-ring (bicyclic) bond motifs is 1. The number of carboxylic acids is 1. The Labute approximate surface area is 115 Å². The third-order valence-electron chi connectivity index (χ3n) is 3.72. The van der Waals surface area contributed by atoms with Gasteiger partial charge in [0.2, 0.25) is 11.8 Å². The molecule has 0 radical (unpaired) electrons. The van der Waals surface area contributed by atoms with E-state index in [1.165, 1.54) is 13.8 Å². The zero-order valence-corrected chi connectivity index (χ0v) is 12.0. The zero-order chi connectivity index (χ0) is 14.4. The molecule has 0 saturated carbocycles. The number of rotatable bonds is 3. The van der Waals surface area contributed by atoms with E-state index in [4.69, 9.17) is 5.11 Å². The Balaban J connectivity index is 2.13. The van der Waals surface area contributed by atoms with Crippen LogP contribution in [0.1, 0.15) is 33.6 Å². The van der Waals surface area contributed by atoms with Gasteiger partial charge in [0.15, 0.2) is 0 Å². The summed E-state index contributed by atoms with van der Waals surface area (Å²) in [6.45, 7) is 4.82. The van der Waals surface area contributed by atoms with E-state index in [-0.39, 0.29) is 16.7 Å². The molecule has 2 unspecified atom stereocenters.